The summed E-state index contributed by atoms with van der Waals surface area (Å²) in [5.74, 6) is 0. The molecular formula is C28H38O2Si3. The molecule has 2 aliphatic rings. The Labute approximate surface area is 204 Å². The molecule has 0 aromatic heterocycles. The molecule has 2 N–H and O–H groups in total. The van der Waals surface area contributed by atoms with Crippen molar-refractivity contribution in [3.05, 3.63) is 82.9 Å². The molecule has 2 aliphatic carbocycles. The molecule has 0 fully saturated rings. The molecule has 5 heteroatoms. The normalized spacial score (nSPS) is 19.8. The van der Waals surface area contributed by atoms with Crippen molar-refractivity contribution in [3.63, 3.8) is 0 Å². The summed E-state index contributed by atoms with van der Waals surface area (Å²) in [6.45, 7) is 10.3. The first kappa shape index (κ1) is 24.6. The fourth-order valence-electron chi connectivity index (χ4n) is 5.70. The van der Waals surface area contributed by atoms with E-state index in [1.165, 1.54) is 33.4 Å². The Morgan fingerprint density at radius 3 is 1.45 bits per heavy atom. The number of allylic oxidation sites excluding steroid dienone is 4. The zero-order valence-corrected chi connectivity index (χ0v) is 23.6. The monoisotopic (exact) mass is 490 g/mol. The van der Waals surface area contributed by atoms with Crippen molar-refractivity contribution in [3.8, 4) is 0 Å². The van der Waals surface area contributed by atoms with Crippen molar-refractivity contribution in [2.45, 2.75) is 61.4 Å². The van der Waals surface area contributed by atoms with Crippen LogP contribution in [0, 0.1) is 0 Å². The Morgan fingerprint density at radius 1 is 0.667 bits per heavy atom. The third kappa shape index (κ3) is 4.98. The molecule has 0 saturated heterocycles. The van der Waals surface area contributed by atoms with Crippen molar-refractivity contribution in [2.75, 3.05) is 13.2 Å². The lowest BCUT2D eigenvalue weighted by molar-refractivity contribution is 0.315. The molecule has 33 heavy (non-hydrogen) atoms. The van der Waals surface area contributed by atoms with E-state index in [0.29, 0.717) is 24.3 Å². The molecule has 2 atom stereocenters. The van der Waals surface area contributed by atoms with E-state index in [2.05, 4.69) is 86.9 Å². The molecule has 0 amide bonds. The molecule has 0 spiro atoms. The van der Waals surface area contributed by atoms with Crippen molar-refractivity contribution in [2.24, 2.45) is 0 Å². The van der Waals surface area contributed by atoms with Gasteiger partial charge in [-0.25, -0.2) is 0 Å². The van der Waals surface area contributed by atoms with Gasteiger partial charge < -0.3 is 10.2 Å². The first-order valence-corrected chi connectivity index (χ1v) is 20.3. The SMILES string of the molecule is C[Si](C)(CCO)C1C=C(C[Si]CC2=CC([Si](C)(C)CCO)c3ccccc32)c2ccccc21. The zero-order valence-electron chi connectivity index (χ0n) is 20.6. The molecule has 0 bridgehead atoms. The van der Waals surface area contributed by atoms with E-state index in [4.69, 9.17) is 0 Å². The van der Waals surface area contributed by atoms with Gasteiger partial charge in [-0.3, -0.25) is 0 Å². The second kappa shape index (κ2) is 10.0. The van der Waals surface area contributed by atoms with E-state index in [1.54, 1.807) is 0 Å². The van der Waals surface area contributed by atoms with Crippen LogP contribution in [0.15, 0.2) is 60.7 Å². The zero-order chi connectivity index (χ0) is 23.6. The van der Waals surface area contributed by atoms with Gasteiger partial charge in [-0.15, -0.1) is 0 Å². The molecule has 2 nitrogen and oxygen atoms in total. The van der Waals surface area contributed by atoms with Crippen LogP contribution in [0.4, 0.5) is 0 Å². The van der Waals surface area contributed by atoms with Gasteiger partial charge in [0.2, 0.25) is 0 Å². The second-order valence-corrected chi connectivity index (χ2v) is 22.4. The molecule has 2 aromatic carbocycles. The minimum absolute atomic E-state index is 0.299. The maximum absolute atomic E-state index is 9.63. The van der Waals surface area contributed by atoms with Crippen LogP contribution in [0.2, 0.25) is 50.4 Å². The first-order valence-electron chi connectivity index (χ1n) is 12.3. The van der Waals surface area contributed by atoms with Gasteiger partial charge in [0.1, 0.15) is 0 Å². The number of rotatable bonds is 10. The summed E-state index contributed by atoms with van der Waals surface area (Å²) in [4.78, 5) is 0. The number of benzene rings is 2. The fourth-order valence-corrected chi connectivity index (χ4v) is 12.3. The van der Waals surface area contributed by atoms with Crippen LogP contribution in [0.25, 0.3) is 11.1 Å². The van der Waals surface area contributed by atoms with Crippen molar-refractivity contribution >= 4 is 36.8 Å². The highest BCUT2D eigenvalue weighted by Crippen LogP contribution is 2.46. The lowest BCUT2D eigenvalue weighted by atomic mass is 10.1. The van der Waals surface area contributed by atoms with Crippen molar-refractivity contribution in [1.82, 2.24) is 0 Å². The van der Waals surface area contributed by atoms with E-state index >= 15 is 0 Å². The average Bonchev–Trinajstić information content (AvgIpc) is 3.34. The number of aliphatic hydroxyl groups is 2. The highest BCUT2D eigenvalue weighted by Gasteiger charge is 2.37. The van der Waals surface area contributed by atoms with Gasteiger partial charge in [0.25, 0.3) is 0 Å². The van der Waals surface area contributed by atoms with Crippen LogP contribution >= 0.6 is 0 Å². The summed E-state index contributed by atoms with van der Waals surface area (Å²) in [6, 6.07) is 22.1. The van der Waals surface area contributed by atoms with E-state index in [1.807, 2.05) is 0 Å². The summed E-state index contributed by atoms with van der Waals surface area (Å²) in [6.07, 6.45) is 5.10. The molecule has 2 radical (unpaired) electrons. The van der Waals surface area contributed by atoms with Crippen LogP contribution in [-0.4, -0.2) is 49.1 Å². The average molecular weight is 491 g/mol. The molecule has 0 aliphatic heterocycles. The fraction of sp³-hybridized carbons (Fsp3) is 0.429. The molecule has 174 valence electrons. The van der Waals surface area contributed by atoms with Crippen LogP contribution in [0.5, 0.6) is 0 Å². The van der Waals surface area contributed by atoms with E-state index in [-0.39, 0.29) is 0 Å². The summed E-state index contributed by atoms with van der Waals surface area (Å²) in [5.41, 5.74) is 9.95. The quantitative estimate of drug-likeness (QED) is 0.380. The summed E-state index contributed by atoms with van der Waals surface area (Å²) < 4.78 is 0. The highest BCUT2D eigenvalue weighted by molar-refractivity contribution is 6.80. The standard InChI is InChI=1S/C28H38O2Si3/c1-32(2,15-13-29)27-17-21(23-9-5-7-11-25(23)27)19-31-20-22-18-28(33(3,4)16-14-30)26-12-8-6-10-24(22)26/h5-12,17-18,27-30H,13-16,19-20H2,1-4H3. The van der Waals surface area contributed by atoms with Crippen LogP contribution in [0.3, 0.4) is 0 Å². The van der Waals surface area contributed by atoms with Crippen LogP contribution < -0.4 is 0 Å². The Bertz CT molecular complexity index is 971. The van der Waals surface area contributed by atoms with Gasteiger partial charge >= 0.3 is 0 Å². The summed E-state index contributed by atoms with van der Waals surface area (Å²) in [7, 11) is -2.26. The third-order valence-electron chi connectivity index (χ3n) is 7.85. The Hall–Kier alpha value is -1.51. The number of hydrogen-bond acceptors (Lipinski definition) is 2. The molecular weight excluding hydrogens is 453 g/mol. The summed E-state index contributed by atoms with van der Waals surface area (Å²) in [5, 5.41) is 19.3. The van der Waals surface area contributed by atoms with Crippen LogP contribution in [-0.2, 0) is 0 Å². The number of hydrogen-bond donors (Lipinski definition) is 2. The Morgan fingerprint density at radius 2 is 1.06 bits per heavy atom. The highest BCUT2D eigenvalue weighted by atomic mass is 28.3. The lowest BCUT2D eigenvalue weighted by Gasteiger charge is -2.28. The maximum Gasteiger partial charge on any atom is 0.0619 e. The van der Waals surface area contributed by atoms with Gasteiger partial charge in [0.15, 0.2) is 0 Å². The third-order valence-corrected chi connectivity index (χ3v) is 16.5. The molecule has 2 unspecified atom stereocenters. The maximum atomic E-state index is 9.63. The van der Waals surface area contributed by atoms with Crippen LogP contribution in [0.1, 0.15) is 33.3 Å². The minimum Gasteiger partial charge on any atom is -0.397 e. The largest absolute Gasteiger partial charge is 0.397 e. The summed E-state index contributed by atoms with van der Waals surface area (Å²) >= 11 is 0. The predicted molar refractivity (Wildman–Crippen MR) is 148 cm³/mol. The lowest BCUT2D eigenvalue weighted by Crippen LogP contribution is -2.34. The molecule has 0 heterocycles. The minimum atomic E-state index is -1.56. The second-order valence-electron chi connectivity index (χ2n) is 11.0. The van der Waals surface area contributed by atoms with Crippen molar-refractivity contribution < 1.29 is 10.2 Å². The molecule has 0 saturated carbocycles. The Balaban J connectivity index is 1.51. The first-order chi connectivity index (χ1) is 15.8. The molecule has 4 rings (SSSR count). The number of fused-ring (bicyclic) bond motifs is 2. The van der Waals surface area contributed by atoms with Gasteiger partial charge in [-0.1, -0.05) is 86.9 Å². The van der Waals surface area contributed by atoms with E-state index in [9.17, 15) is 10.2 Å². The van der Waals surface area contributed by atoms with Gasteiger partial charge in [-0.2, -0.15) is 0 Å². The van der Waals surface area contributed by atoms with E-state index in [0.717, 1.165) is 33.7 Å². The molecule has 2 aromatic rings. The topological polar surface area (TPSA) is 40.5 Å². The van der Waals surface area contributed by atoms with E-state index < -0.39 is 16.1 Å². The van der Waals surface area contributed by atoms with Crippen molar-refractivity contribution in [1.29, 1.82) is 0 Å². The van der Waals surface area contributed by atoms with Gasteiger partial charge in [0, 0.05) is 22.7 Å². The number of aliphatic hydroxyl groups excluding tert-OH is 2. The Kier molecular flexibility index (Phi) is 7.46. The predicted octanol–water partition coefficient (Wildman–Crippen LogP) is 6.37. The van der Waals surface area contributed by atoms with Gasteiger partial charge in [-0.05, 0) is 68.7 Å². The van der Waals surface area contributed by atoms with Gasteiger partial charge in [0.05, 0.1) is 16.1 Å². The smallest absolute Gasteiger partial charge is 0.0619 e.